The molecule has 0 amide bonds. The summed E-state index contributed by atoms with van der Waals surface area (Å²) in [5.41, 5.74) is 7.50. The highest BCUT2D eigenvalue weighted by Gasteiger charge is 2.02. The van der Waals surface area contributed by atoms with Crippen LogP contribution in [0.3, 0.4) is 0 Å². The largest absolute Gasteiger partial charge is 0.398 e. The summed E-state index contributed by atoms with van der Waals surface area (Å²) >= 11 is 7.40. The third kappa shape index (κ3) is 1.96. The second-order valence-corrected chi connectivity index (χ2v) is 3.84. The molecule has 0 aromatic heterocycles. The number of hydrogen-bond acceptors (Lipinski definition) is 2. The second-order valence-electron chi connectivity index (χ2n) is 2.42. The van der Waals surface area contributed by atoms with Gasteiger partial charge in [0.2, 0.25) is 0 Å². The number of halogens is 1. The number of nitrogen functional groups attached to an aromatic ring is 1. The highest BCUT2D eigenvalue weighted by molar-refractivity contribution is 8.02. The molecule has 3 heteroatoms. The zero-order valence-corrected chi connectivity index (χ0v) is 8.38. The van der Waals surface area contributed by atoms with Crippen molar-refractivity contribution in [2.24, 2.45) is 0 Å². The van der Waals surface area contributed by atoms with Crippen LogP contribution < -0.4 is 5.73 Å². The normalized spacial score (nSPS) is 9.83. The fraction of sp³-hybridized carbons (Fsp3) is 0.111. The van der Waals surface area contributed by atoms with Crippen LogP contribution in [0.5, 0.6) is 0 Å². The Labute approximate surface area is 81.6 Å². The fourth-order valence-electron chi connectivity index (χ4n) is 0.877. The maximum Gasteiger partial charge on any atom is 0.0459 e. The Morgan fingerprint density at radius 1 is 1.58 bits per heavy atom. The van der Waals surface area contributed by atoms with E-state index in [0.717, 1.165) is 21.2 Å². The van der Waals surface area contributed by atoms with Crippen molar-refractivity contribution in [3.63, 3.8) is 0 Å². The first-order chi connectivity index (χ1) is 5.65. The van der Waals surface area contributed by atoms with Crippen LogP contribution in [0.1, 0.15) is 5.56 Å². The van der Waals surface area contributed by atoms with Crippen LogP contribution >= 0.6 is 23.4 Å². The molecule has 2 N–H and O–H groups in total. The predicted molar refractivity (Wildman–Crippen MR) is 56.7 cm³/mol. The minimum Gasteiger partial charge on any atom is -0.398 e. The van der Waals surface area contributed by atoms with E-state index in [9.17, 15) is 0 Å². The van der Waals surface area contributed by atoms with Crippen molar-refractivity contribution in [3.8, 4) is 0 Å². The van der Waals surface area contributed by atoms with E-state index >= 15 is 0 Å². The molecule has 0 fully saturated rings. The number of benzene rings is 1. The average Bonchev–Trinajstić information content (AvgIpc) is 2.01. The van der Waals surface area contributed by atoms with E-state index in [2.05, 4.69) is 6.58 Å². The Hall–Kier alpha value is -0.600. The lowest BCUT2D eigenvalue weighted by Crippen LogP contribution is -1.89. The number of thioether (sulfide) groups is 1. The van der Waals surface area contributed by atoms with Crippen molar-refractivity contribution in [2.75, 3.05) is 5.73 Å². The van der Waals surface area contributed by atoms with Gasteiger partial charge in [0.15, 0.2) is 0 Å². The zero-order valence-electron chi connectivity index (χ0n) is 6.80. The Morgan fingerprint density at radius 3 is 2.83 bits per heavy atom. The molecular formula is C9H10ClNS. The van der Waals surface area contributed by atoms with Gasteiger partial charge in [0.1, 0.15) is 0 Å². The number of nitrogens with two attached hydrogens (primary N) is 1. The number of anilines is 1. The molecule has 0 aliphatic carbocycles. The van der Waals surface area contributed by atoms with Crippen molar-refractivity contribution in [1.29, 1.82) is 0 Å². The second kappa shape index (κ2) is 3.87. The van der Waals surface area contributed by atoms with Gasteiger partial charge in [-0.05, 0) is 30.0 Å². The molecule has 0 aliphatic heterocycles. The van der Waals surface area contributed by atoms with Gasteiger partial charge in [0.05, 0.1) is 0 Å². The van der Waals surface area contributed by atoms with Crippen LogP contribution in [0.2, 0.25) is 5.02 Å². The molecule has 1 aromatic carbocycles. The van der Waals surface area contributed by atoms with E-state index in [-0.39, 0.29) is 0 Å². The maximum absolute atomic E-state index is 5.92. The van der Waals surface area contributed by atoms with Gasteiger partial charge in [-0.1, -0.05) is 29.9 Å². The molecular weight excluding hydrogens is 190 g/mol. The van der Waals surface area contributed by atoms with E-state index in [1.807, 2.05) is 19.1 Å². The molecule has 0 radical (unpaired) electrons. The van der Waals surface area contributed by atoms with E-state index in [4.69, 9.17) is 17.3 Å². The highest BCUT2D eigenvalue weighted by atomic mass is 35.5. The number of aryl methyl sites for hydroxylation is 1. The van der Waals surface area contributed by atoms with Crippen LogP contribution in [0, 0.1) is 6.92 Å². The van der Waals surface area contributed by atoms with Gasteiger partial charge in [0.25, 0.3) is 0 Å². The van der Waals surface area contributed by atoms with Crippen molar-refractivity contribution < 1.29 is 0 Å². The van der Waals surface area contributed by atoms with Crippen LogP contribution in [0.15, 0.2) is 29.0 Å². The molecule has 64 valence electrons. The van der Waals surface area contributed by atoms with E-state index in [0.29, 0.717) is 0 Å². The quantitative estimate of drug-likeness (QED) is 0.583. The van der Waals surface area contributed by atoms with Gasteiger partial charge >= 0.3 is 0 Å². The molecule has 0 aliphatic rings. The topological polar surface area (TPSA) is 26.0 Å². The molecule has 1 nitrogen and oxygen atoms in total. The first-order valence-corrected chi connectivity index (χ1v) is 4.74. The lowest BCUT2D eigenvalue weighted by atomic mass is 10.2. The molecule has 0 atom stereocenters. The average molecular weight is 200 g/mol. The van der Waals surface area contributed by atoms with Crippen LogP contribution in [0.25, 0.3) is 0 Å². The minimum absolute atomic E-state index is 0.744. The third-order valence-corrected chi connectivity index (χ3v) is 2.68. The zero-order chi connectivity index (χ0) is 9.14. The molecule has 12 heavy (non-hydrogen) atoms. The van der Waals surface area contributed by atoms with Crippen LogP contribution in [0.4, 0.5) is 5.69 Å². The molecule has 1 rings (SSSR count). The molecule has 0 saturated carbocycles. The van der Waals surface area contributed by atoms with E-state index < -0.39 is 0 Å². The summed E-state index contributed by atoms with van der Waals surface area (Å²) in [6.45, 7) is 5.55. The molecule has 0 saturated heterocycles. The first kappa shape index (κ1) is 9.49. The molecule has 0 spiro atoms. The summed E-state index contributed by atoms with van der Waals surface area (Å²) in [5, 5.41) is 2.48. The Balaban J connectivity index is 3.13. The molecule has 0 bridgehead atoms. The van der Waals surface area contributed by atoms with Gasteiger partial charge in [0, 0.05) is 15.6 Å². The van der Waals surface area contributed by atoms with Gasteiger partial charge in [-0.25, -0.2) is 0 Å². The lowest BCUT2D eigenvalue weighted by molar-refractivity contribution is 1.38. The van der Waals surface area contributed by atoms with Gasteiger partial charge < -0.3 is 5.73 Å². The monoisotopic (exact) mass is 199 g/mol. The van der Waals surface area contributed by atoms with Crippen LogP contribution in [-0.4, -0.2) is 0 Å². The van der Waals surface area contributed by atoms with Gasteiger partial charge in [-0.2, -0.15) is 0 Å². The maximum atomic E-state index is 5.92. The smallest absolute Gasteiger partial charge is 0.0459 e. The number of hydrogen-bond donors (Lipinski definition) is 1. The van der Waals surface area contributed by atoms with Crippen molar-refractivity contribution in [1.82, 2.24) is 0 Å². The highest BCUT2D eigenvalue weighted by Crippen LogP contribution is 2.30. The summed E-state index contributed by atoms with van der Waals surface area (Å²) in [6, 6.07) is 3.73. The molecule has 0 unspecified atom stereocenters. The Kier molecular flexibility index (Phi) is 3.06. The van der Waals surface area contributed by atoms with Gasteiger partial charge in [-0.15, -0.1) is 0 Å². The minimum atomic E-state index is 0.744. The third-order valence-electron chi connectivity index (χ3n) is 1.50. The Morgan fingerprint density at radius 2 is 2.25 bits per heavy atom. The summed E-state index contributed by atoms with van der Waals surface area (Å²) in [7, 11) is 0. The summed E-state index contributed by atoms with van der Waals surface area (Å²) in [6.07, 6.45) is 0. The van der Waals surface area contributed by atoms with Crippen LogP contribution in [-0.2, 0) is 0 Å². The number of rotatable bonds is 2. The van der Waals surface area contributed by atoms with Crippen molar-refractivity contribution in [3.05, 3.63) is 34.7 Å². The van der Waals surface area contributed by atoms with Gasteiger partial charge in [-0.3, -0.25) is 0 Å². The standard InChI is InChI=1S/C9H10ClNS/c1-3-12-9-5-7(10)6(2)4-8(9)11/h3-5H,1,11H2,2H3. The van der Waals surface area contributed by atoms with E-state index in [1.165, 1.54) is 11.8 Å². The lowest BCUT2D eigenvalue weighted by Gasteiger charge is -2.04. The predicted octanol–water partition coefficient (Wildman–Crippen LogP) is 3.47. The fourth-order valence-corrected chi connectivity index (χ4v) is 1.67. The first-order valence-electron chi connectivity index (χ1n) is 3.48. The van der Waals surface area contributed by atoms with Crippen molar-refractivity contribution in [2.45, 2.75) is 11.8 Å². The van der Waals surface area contributed by atoms with Crippen molar-refractivity contribution >= 4 is 29.1 Å². The summed E-state index contributed by atoms with van der Waals surface area (Å²) in [5.74, 6) is 0. The molecule has 0 heterocycles. The summed E-state index contributed by atoms with van der Waals surface area (Å²) in [4.78, 5) is 0.959. The molecule has 1 aromatic rings. The van der Waals surface area contributed by atoms with E-state index in [1.54, 1.807) is 5.41 Å². The Bertz CT molecular complexity index is 310. The summed E-state index contributed by atoms with van der Waals surface area (Å²) < 4.78 is 0. The SMILES string of the molecule is C=CSc1cc(Cl)c(C)cc1N.